The van der Waals surface area contributed by atoms with E-state index in [0.29, 0.717) is 36.3 Å². The van der Waals surface area contributed by atoms with E-state index in [2.05, 4.69) is 20.9 Å². The van der Waals surface area contributed by atoms with Crippen molar-refractivity contribution in [1.29, 1.82) is 0 Å². The monoisotopic (exact) mass is 444 g/mol. The van der Waals surface area contributed by atoms with Gasteiger partial charge < -0.3 is 16.0 Å². The van der Waals surface area contributed by atoms with Gasteiger partial charge in [-0.15, -0.1) is 0 Å². The number of hydrogen-bond acceptors (Lipinski definition) is 4. The zero-order valence-electron chi connectivity index (χ0n) is 18.6. The number of sulfone groups is 1. The van der Waals surface area contributed by atoms with E-state index in [1.54, 1.807) is 19.2 Å². The highest BCUT2D eigenvalue weighted by Gasteiger charge is 2.07. The van der Waals surface area contributed by atoms with Crippen molar-refractivity contribution in [2.75, 3.05) is 25.2 Å². The SMILES string of the molecule is CN=C(NCCc1ccc(S(C)(=O)=O)cc1)NCc1cccc(NC(=O)CC(C)C)c1. The number of nitrogens with zero attached hydrogens (tertiary/aromatic N) is 1. The second kappa shape index (κ2) is 11.5. The van der Waals surface area contributed by atoms with Gasteiger partial charge in [0.25, 0.3) is 0 Å². The van der Waals surface area contributed by atoms with Crippen LogP contribution in [0.2, 0.25) is 0 Å². The molecule has 0 radical (unpaired) electrons. The minimum atomic E-state index is -3.17. The predicted molar refractivity (Wildman–Crippen MR) is 126 cm³/mol. The highest BCUT2D eigenvalue weighted by molar-refractivity contribution is 7.90. The lowest BCUT2D eigenvalue weighted by Gasteiger charge is -2.13. The lowest BCUT2D eigenvalue weighted by Crippen LogP contribution is -2.37. The van der Waals surface area contributed by atoms with Crippen molar-refractivity contribution in [3.05, 3.63) is 59.7 Å². The first-order chi connectivity index (χ1) is 14.7. The first-order valence-corrected chi connectivity index (χ1v) is 12.2. The summed E-state index contributed by atoms with van der Waals surface area (Å²) in [6.07, 6.45) is 2.44. The molecule has 0 fully saturated rings. The van der Waals surface area contributed by atoms with Gasteiger partial charge >= 0.3 is 0 Å². The van der Waals surface area contributed by atoms with Crippen LogP contribution < -0.4 is 16.0 Å². The maximum atomic E-state index is 12.0. The van der Waals surface area contributed by atoms with Crippen LogP contribution in [0.15, 0.2) is 58.4 Å². The smallest absolute Gasteiger partial charge is 0.224 e. The van der Waals surface area contributed by atoms with Crippen LogP contribution in [0.5, 0.6) is 0 Å². The summed E-state index contributed by atoms with van der Waals surface area (Å²) in [6, 6.07) is 14.6. The normalized spacial score (nSPS) is 12.0. The Balaban J connectivity index is 1.82. The number of amides is 1. The van der Waals surface area contributed by atoms with Crippen molar-refractivity contribution in [3.63, 3.8) is 0 Å². The Kier molecular flexibility index (Phi) is 9.05. The zero-order chi connectivity index (χ0) is 22.9. The van der Waals surface area contributed by atoms with Crippen molar-refractivity contribution in [2.45, 2.75) is 38.1 Å². The van der Waals surface area contributed by atoms with Gasteiger partial charge in [0.15, 0.2) is 15.8 Å². The summed E-state index contributed by atoms with van der Waals surface area (Å²) in [5.74, 6) is 1.00. The summed E-state index contributed by atoms with van der Waals surface area (Å²) in [7, 11) is -1.47. The van der Waals surface area contributed by atoms with Gasteiger partial charge in [0.1, 0.15) is 0 Å². The highest BCUT2D eigenvalue weighted by atomic mass is 32.2. The topological polar surface area (TPSA) is 99.7 Å². The van der Waals surface area contributed by atoms with E-state index in [4.69, 9.17) is 0 Å². The van der Waals surface area contributed by atoms with Crippen LogP contribution in [-0.2, 0) is 27.6 Å². The molecule has 2 rings (SSSR count). The first-order valence-electron chi connectivity index (χ1n) is 10.3. The average Bonchev–Trinajstić information content (AvgIpc) is 2.70. The summed E-state index contributed by atoms with van der Waals surface area (Å²) in [6.45, 7) is 5.26. The van der Waals surface area contributed by atoms with Gasteiger partial charge in [0.2, 0.25) is 5.91 Å². The third kappa shape index (κ3) is 8.80. The highest BCUT2D eigenvalue weighted by Crippen LogP contribution is 2.12. The summed E-state index contributed by atoms with van der Waals surface area (Å²) in [5, 5.41) is 9.44. The Hall–Kier alpha value is -2.87. The molecule has 31 heavy (non-hydrogen) atoms. The first kappa shape index (κ1) is 24.4. The molecular formula is C23H32N4O3S. The van der Waals surface area contributed by atoms with E-state index >= 15 is 0 Å². The van der Waals surface area contributed by atoms with Crippen LogP contribution in [0, 0.1) is 5.92 Å². The number of hydrogen-bond donors (Lipinski definition) is 3. The number of carbonyl (C=O) groups excluding carboxylic acids is 1. The molecule has 8 heteroatoms. The number of guanidine groups is 1. The molecule has 3 N–H and O–H groups in total. The molecule has 2 aromatic carbocycles. The number of anilines is 1. The minimum absolute atomic E-state index is 0.0159. The molecule has 0 saturated heterocycles. The van der Waals surface area contributed by atoms with Gasteiger partial charge in [-0.2, -0.15) is 0 Å². The summed E-state index contributed by atoms with van der Waals surface area (Å²) < 4.78 is 23.1. The third-order valence-corrected chi connectivity index (χ3v) is 5.67. The van der Waals surface area contributed by atoms with Crippen LogP contribution in [0.3, 0.4) is 0 Å². The molecule has 0 atom stereocenters. The summed E-state index contributed by atoms with van der Waals surface area (Å²) in [4.78, 5) is 16.5. The van der Waals surface area contributed by atoms with E-state index in [-0.39, 0.29) is 5.91 Å². The second-order valence-electron chi connectivity index (χ2n) is 7.87. The molecule has 0 unspecified atom stereocenters. The predicted octanol–water partition coefficient (Wildman–Crippen LogP) is 2.98. The number of nitrogens with one attached hydrogen (secondary N) is 3. The molecule has 0 bridgehead atoms. The molecule has 0 spiro atoms. The molecule has 0 heterocycles. The van der Waals surface area contributed by atoms with Crippen LogP contribution >= 0.6 is 0 Å². The Bertz CT molecular complexity index is 1000. The maximum Gasteiger partial charge on any atom is 0.224 e. The van der Waals surface area contributed by atoms with Crippen molar-refractivity contribution in [2.24, 2.45) is 10.9 Å². The van der Waals surface area contributed by atoms with Crippen LogP contribution in [0.25, 0.3) is 0 Å². The van der Waals surface area contributed by atoms with E-state index < -0.39 is 9.84 Å². The quantitative estimate of drug-likeness (QED) is 0.408. The standard InChI is InChI=1S/C23H32N4O3S/c1-17(2)14-22(28)27-20-7-5-6-19(15-20)16-26-23(24-3)25-13-12-18-8-10-21(11-9-18)31(4,29)30/h5-11,15,17H,12-14,16H2,1-4H3,(H,27,28)(H2,24,25,26). The fourth-order valence-corrected chi connectivity index (χ4v) is 3.61. The molecule has 1 amide bonds. The fraction of sp³-hybridized carbons (Fsp3) is 0.391. The molecule has 7 nitrogen and oxygen atoms in total. The van der Waals surface area contributed by atoms with E-state index in [9.17, 15) is 13.2 Å². The molecule has 168 valence electrons. The Morgan fingerprint density at radius 1 is 1.03 bits per heavy atom. The van der Waals surface area contributed by atoms with Crippen molar-refractivity contribution < 1.29 is 13.2 Å². The van der Waals surface area contributed by atoms with Crippen molar-refractivity contribution in [1.82, 2.24) is 10.6 Å². The van der Waals surface area contributed by atoms with E-state index in [0.717, 1.165) is 23.2 Å². The Labute approximate surface area is 185 Å². The largest absolute Gasteiger partial charge is 0.356 e. The zero-order valence-corrected chi connectivity index (χ0v) is 19.4. The van der Waals surface area contributed by atoms with E-state index in [1.165, 1.54) is 6.26 Å². The summed E-state index contributed by atoms with van der Waals surface area (Å²) in [5.41, 5.74) is 2.85. The van der Waals surface area contributed by atoms with Crippen molar-refractivity contribution in [3.8, 4) is 0 Å². The van der Waals surface area contributed by atoms with Crippen LogP contribution in [0.4, 0.5) is 5.69 Å². The van der Waals surface area contributed by atoms with Crippen LogP contribution in [0.1, 0.15) is 31.4 Å². The molecule has 2 aromatic rings. The number of aliphatic imine (C=N–C) groups is 1. The molecule has 0 aliphatic carbocycles. The molecule has 0 aliphatic heterocycles. The fourth-order valence-electron chi connectivity index (χ4n) is 2.98. The van der Waals surface area contributed by atoms with Gasteiger partial charge in [-0.3, -0.25) is 9.79 Å². The van der Waals surface area contributed by atoms with Gasteiger partial charge in [0.05, 0.1) is 4.90 Å². The number of carbonyl (C=O) groups is 1. The molecule has 0 aromatic heterocycles. The lowest BCUT2D eigenvalue weighted by atomic mass is 10.1. The van der Waals surface area contributed by atoms with Gasteiger partial charge in [0, 0.05) is 38.5 Å². The molecule has 0 aliphatic rings. The third-order valence-electron chi connectivity index (χ3n) is 4.55. The number of benzene rings is 2. The molecular weight excluding hydrogens is 412 g/mol. The average molecular weight is 445 g/mol. The maximum absolute atomic E-state index is 12.0. The van der Waals surface area contributed by atoms with Gasteiger partial charge in [-0.05, 0) is 47.7 Å². The van der Waals surface area contributed by atoms with Crippen LogP contribution in [-0.4, -0.2) is 40.1 Å². The summed E-state index contributed by atoms with van der Waals surface area (Å²) >= 11 is 0. The van der Waals surface area contributed by atoms with E-state index in [1.807, 2.05) is 50.2 Å². The van der Waals surface area contributed by atoms with Gasteiger partial charge in [-0.1, -0.05) is 38.1 Å². The van der Waals surface area contributed by atoms with Gasteiger partial charge in [-0.25, -0.2) is 8.42 Å². The Morgan fingerprint density at radius 3 is 2.35 bits per heavy atom. The second-order valence-corrected chi connectivity index (χ2v) is 9.88. The number of rotatable bonds is 9. The lowest BCUT2D eigenvalue weighted by molar-refractivity contribution is -0.116. The molecule has 0 saturated carbocycles. The van der Waals surface area contributed by atoms with Crippen molar-refractivity contribution >= 4 is 27.4 Å². The Morgan fingerprint density at radius 2 is 1.74 bits per heavy atom. The minimum Gasteiger partial charge on any atom is -0.356 e.